The molecule has 0 atom stereocenters. The molecule has 0 bridgehead atoms. The molecule has 2 amide bonds. The Kier molecular flexibility index (Phi) is 15.6. The molecule has 58 heavy (non-hydrogen) atoms. The first-order valence-electron chi connectivity index (χ1n) is 18.7. The molecule has 316 valence electrons. The number of benzene rings is 3. The van der Waals surface area contributed by atoms with Crippen molar-refractivity contribution >= 4 is 63.8 Å². The zero-order valence-corrected chi connectivity index (χ0v) is 34.5. The van der Waals surface area contributed by atoms with Crippen LogP contribution < -0.4 is 76.6 Å². The summed E-state index contributed by atoms with van der Waals surface area (Å²) in [6, 6.07) is 10.2. The predicted octanol–water partition coefficient (Wildman–Crippen LogP) is 2.37. The van der Waals surface area contributed by atoms with Crippen LogP contribution >= 0.6 is 0 Å². The molecule has 19 nitrogen and oxygen atoms in total. The van der Waals surface area contributed by atoms with Gasteiger partial charge in [-0.25, -0.2) is 0 Å². The molecule has 0 fully saturated rings. The number of nitrogens with one attached hydrogen (secondary N) is 4. The van der Waals surface area contributed by atoms with E-state index in [4.69, 9.17) is 55.3 Å². The number of carbonyl (C=O) groups excluding carboxylic acids is 2. The Bertz CT molecular complexity index is 2020. The minimum Gasteiger partial charge on any atom is -0.491 e. The number of amides is 2. The first-order chi connectivity index (χ1) is 27.1. The maximum atomic E-state index is 14.5. The summed E-state index contributed by atoms with van der Waals surface area (Å²) in [5.41, 5.74) is 49.9. The molecule has 0 aliphatic heterocycles. The van der Waals surface area contributed by atoms with Gasteiger partial charge in [-0.1, -0.05) is 41.5 Å². The molecular formula is C39H61N15O4. The molecule has 0 heterocycles. The van der Waals surface area contributed by atoms with E-state index in [0.29, 0.717) is 47.2 Å². The molecular weight excluding hydrogens is 743 g/mol. The Morgan fingerprint density at radius 1 is 0.586 bits per heavy atom. The molecule has 0 saturated carbocycles. The molecule has 3 rings (SSSR count). The zero-order valence-electron chi connectivity index (χ0n) is 34.5. The van der Waals surface area contributed by atoms with Crippen LogP contribution in [0.25, 0.3) is 0 Å². The van der Waals surface area contributed by atoms with E-state index in [-0.39, 0.29) is 84.2 Å². The van der Waals surface area contributed by atoms with Gasteiger partial charge in [0.1, 0.15) is 24.7 Å². The number of guanidine groups is 3. The van der Waals surface area contributed by atoms with Crippen LogP contribution in [0.3, 0.4) is 0 Å². The molecule has 20 N–H and O–H groups in total. The van der Waals surface area contributed by atoms with Gasteiger partial charge in [-0.2, -0.15) is 0 Å². The maximum Gasteiger partial charge on any atom is 0.259 e. The van der Waals surface area contributed by atoms with Crippen molar-refractivity contribution in [1.82, 2.24) is 0 Å². The zero-order chi connectivity index (χ0) is 43.4. The van der Waals surface area contributed by atoms with Crippen molar-refractivity contribution in [3.05, 3.63) is 58.7 Å². The first-order valence-corrected chi connectivity index (χ1v) is 18.7. The third-order valence-electron chi connectivity index (χ3n) is 8.49. The van der Waals surface area contributed by atoms with E-state index >= 15 is 0 Å². The van der Waals surface area contributed by atoms with E-state index in [0.717, 1.165) is 11.1 Å². The maximum absolute atomic E-state index is 14.5. The first kappa shape index (κ1) is 45.6. The minimum absolute atomic E-state index is 0.00727. The second kappa shape index (κ2) is 19.9. The summed E-state index contributed by atoms with van der Waals surface area (Å²) in [4.78, 5) is 40.9. The van der Waals surface area contributed by atoms with Gasteiger partial charge in [0.2, 0.25) is 0 Å². The Hall–Kier alpha value is -6.79. The van der Waals surface area contributed by atoms with Crippen molar-refractivity contribution in [2.45, 2.75) is 59.3 Å². The Labute approximate surface area is 339 Å². The van der Waals surface area contributed by atoms with Gasteiger partial charge in [0.15, 0.2) is 17.9 Å². The van der Waals surface area contributed by atoms with Crippen molar-refractivity contribution in [3.8, 4) is 11.5 Å². The van der Waals surface area contributed by atoms with E-state index in [1.807, 2.05) is 72.7 Å². The van der Waals surface area contributed by atoms with Crippen molar-refractivity contribution < 1.29 is 19.1 Å². The number of nitrogen functional groups attached to an aromatic ring is 2. The highest BCUT2D eigenvalue weighted by Crippen LogP contribution is 2.39. The highest BCUT2D eigenvalue weighted by molar-refractivity contribution is 6.13. The van der Waals surface area contributed by atoms with Gasteiger partial charge in [-0.3, -0.25) is 24.6 Å². The highest BCUT2D eigenvalue weighted by Gasteiger charge is 2.26. The molecule has 0 spiro atoms. The molecule has 0 aliphatic carbocycles. The molecule has 0 radical (unpaired) electrons. The summed E-state index contributed by atoms with van der Waals surface area (Å²) >= 11 is 0. The lowest BCUT2D eigenvalue weighted by molar-refractivity contribution is 0.102. The second-order valence-corrected chi connectivity index (χ2v) is 15.3. The van der Waals surface area contributed by atoms with Gasteiger partial charge in [0, 0.05) is 19.2 Å². The Morgan fingerprint density at radius 3 is 1.36 bits per heavy atom. The summed E-state index contributed by atoms with van der Waals surface area (Å²) < 4.78 is 12.1. The number of ether oxygens (including phenoxy) is 2. The van der Waals surface area contributed by atoms with Crippen LogP contribution in [0.5, 0.6) is 11.5 Å². The van der Waals surface area contributed by atoms with Crippen molar-refractivity contribution in [3.63, 3.8) is 0 Å². The van der Waals surface area contributed by atoms with E-state index in [2.05, 4.69) is 36.2 Å². The van der Waals surface area contributed by atoms with Crippen LogP contribution in [-0.2, 0) is 10.8 Å². The predicted molar refractivity (Wildman–Crippen MR) is 237 cm³/mol. The quantitative estimate of drug-likeness (QED) is 0.0380. The van der Waals surface area contributed by atoms with Crippen molar-refractivity contribution in [2.24, 2.45) is 49.4 Å². The van der Waals surface area contributed by atoms with Crippen LogP contribution in [0.15, 0.2) is 51.4 Å². The summed E-state index contributed by atoms with van der Waals surface area (Å²) in [6.07, 6.45) is 0. The van der Waals surface area contributed by atoms with E-state index in [1.54, 1.807) is 0 Å². The van der Waals surface area contributed by atoms with Gasteiger partial charge in [0.05, 0.1) is 64.9 Å². The normalized spacial score (nSPS) is 11.2. The third kappa shape index (κ3) is 13.2. The molecule has 0 unspecified atom stereocenters. The molecule has 3 aromatic carbocycles. The van der Waals surface area contributed by atoms with Gasteiger partial charge in [-0.05, 0) is 59.2 Å². The minimum atomic E-state index is -0.636. The number of nitrogens with two attached hydrogens (primary N) is 8. The lowest BCUT2D eigenvalue weighted by atomic mass is 9.86. The fraction of sp³-hybridized carbons (Fsp3) is 0.410. The van der Waals surface area contributed by atoms with E-state index < -0.39 is 11.8 Å². The molecule has 0 saturated heterocycles. The average molecular weight is 804 g/mol. The SMILES string of the molecule is CCNc1c(N)cc(C(C)(C)C)cc1NC(=O)c1cc(C(=O)Nc2cc(C(C)(C)C)cc(N)c2NCCN=C(N)N)c(OCCN=C(N)N)cc1OCCN=C(N)N. The summed E-state index contributed by atoms with van der Waals surface area (Å²) in [6.45, 7) is 15.2. The number of rotatable bonds is 18. The Balaban J connectivity index is 2.25. The smallest absolute Gasteiger partial charge is 0.259 e. The number of anilines is 6. The molecule has 19 heteroatoms. The topological polar surface area (TPSA) is 346 Å². The van der Waals surface area contributed by atoms with Gasteiger partial charge < -0.3 is 76.6 Å². The van der Waals surface area contributed by atoms with Crippen molar-refractivity contribution in [1.29, 1.82) is 0 Å². The van der Waals surface area contributed by atoms with Crippen LogP contribution in [0, 0.1) is 0 Å². The number of carbonyl (C=O) groups is 2. The second-order valence-electron chi connectivity index (χ2n) is 15.3. The van der Waals surface area contributed by atoms with Gasteiger partial charge >= 0.3 is 0 Å². The summed E-state index contributed by atoms with van der Waals surface area (Å²) in [7, 11) is 0. The van der Waals surface area contributed by atoms with Gasteiger partial charge in [-0.15, -0.1) is 0 Å². The number of aliphatic imine (C=N–C) groups is 3. The number of nitrogens with zero attached hydrogens (tertiary/aromatic N) is 3. The summed E-state index contributed by atoms with van der Waals surface area (Å²) in [5.74, 6) is -1.45. The summed E-state index contributed by atoms with van der Waals surface area (Å²) in [5, 5.41) is 12.4. The molecule has 3 aromatic rings. The highest BCUT2D eigenvalue weighted by atomic mass is 16.5. The van der Waals surface area contributed by atoms with Crippen LogP contribution in [0.4, 0.5) is 34.1 Å². The van der Waals surface area contributed by atoms with Crippen LogP contribution in [0.2, 0.25) is 0 Å². The fourth-order valence-corrected chi connectivity index (χ4v) is 5.52. The van der Waals surface area contributed by atoms with Crippen LogP contribution in [0.1, 0.15) is 80.3 Å². The lowest BCUT2D eigenvalue weighted by Crippen LogP contribution is -2.24. The van der Waals surface area contributed by atoms with E-state index in [9.17, 15) is 9.59 Å². The third-order valence-corrected chi connectivity index (χ3v) is 8.49. The lowest BCUT2D eigenvalue weighted by Gasteiger charge is -2.24. The number of hydrogen-bond acceptors (Lipinski definition) is 11. The largest absolute Gasteiger partial charge is 0.491 e. The van der Waals surface area contributed by atoms with Crippen molar-refractivity contribution in [2.75, 3.05) is 78.7 Å². The number of hydrogen-bond donors (Lipinski definition) is 12. The van der Waals surface area contributed by atoms with Crippen LogP contribution in [-0.4, -0.2) is 75.6 Å². The molecule has 0 aromatic heterocycles. The molecule has 0 aliphatic rings. The monoisotopic (exact) mass is 804 g/mol. The Morgan fingerprint density at radius 2 is 0.983 bits per heavy atom. The van der Waals surface area contributed by atoms with Gasteiger partial charge in [0.25, 0.3) is 11.8 Å². The van der Waals surface area contributed by atoms with E-state index in [1.165, 1.54) is 12.1 Å². The fourth-order valence-electron chi connectivity index (χ4n) is 5.52. The standard InChI is InChI=1S/C39H61N15O4/c1-8-48-31-25(40)15-21(38(2,3)4)17-27(31)53-33(55)23-19-24(30(58-14-12-52-37(46)47)20-29(23)57-13-11-51-36(44)45)34(56)54-28-18-22(39(5,6)7)16-26(41)32(28)49-9-10-50-35(42)43/h15-20,48-49H,8-14,40-41H2,1-7H3,(H,53,55)(H,54,56)(H4,42,43,50)(H4,44,45,51)(H4,46,47,52). The average Bonchev–Trinajstić information content (AvgIpc) is 3.11.